The first-order chi connectivity index (χ1) is 8.74. The summed E-state index contributed by atoms with van der Waals surface area (Å²) in [6.45, 7) is 4.42. The molecular weight excluding hydrogens is 250 g/mol. The van der Waals surface area contributed by atoms with Crippen LogP contribution < -0.4 is 4.90 Å². The molecule has 0 aliphatic carbocycles. The normalized spacial score (nSPS) is 24.9. The van der Waals surface area contributed by atoms with E-state index in [2.05, 4.69) is 14.8 Å². The van der Waals surface area contributed by atoms with Crippen molar-refractivity contribution in [1.29, 1.82) is 0 Å². The lowest BCUT2D eigenvalue weighted by atomic mass is 10.2. The summed E-state index contributed by atoms with van der Waals surface area (Å²) >= 11 is 1.44. The van der Waals surface area contributed by atoms with Crippen LogP contribution in [0.25, 0.3) is 0 Å². The van der Waals surface area contributed by atoms with Crippen LogP contribution in [0.5, 0.6) is 0 Å². The minimum atomic E-state index is -0.937. The SMILES string of the molecule is O=C(O)c1csc(N2CCC(N3CCCC3)C2)n1. The van der Waals surface area contributed by atoms with E-state index in [0.717, 1.165) is 18.2 Å². The van der Waals surface area contributed by atoms with Gasteiger partial charge >= 0.3 is 5.97 Å². The number of nitrogens with zero attached hydrogens (tertiary/aromatic N) is 3. The van der Waals surface area contributed by atoms with Gasteiger partial charge in [-0.25, -0.2) is 9.78 Å². The van der Waals surface area contributed by atoms with Crippen molar-refractivity contribution >= 4 is 22.4 Å². The predicted molar refractivity (Wildman–Crippen MR) is 70.5 cm³/mol. The van der Waals surface area contributed by atoms with Crippen molar-refractivity contribution in [2.24, 2.45) is 0 Å². The van der Waals surface area contributed by atoms with Gasteiger partial charge in [-0.3, -0.25) is 4.90 Å². The number of anilines is 1. The Hall–Kier alpha value is -1.14. The molecule has 2 aliphatic heterocycles. The van der Waals surface area contributed by atoms with Gasteiger partial charge in [0, 0.05) is 24.5 Å². The van der Waals surface area contributed by atoms with Crippen LogP contribution in [0.15, 0.2) is 5.38 Å². The summed E-state index contributed by atoms with van der Waals surface area (Å²) in [6, 6.07) is 0.629. The molecule has 1 N–H and O–H groups in total. The van der Waals surface area contributed by atoms with E-state index in [1.165, 1.54) is 43.7 Å². The molecule has 5 nitrogen and oxygen atoms in total. The second-order valence-electron chi connectivity index (χ2n) is 4.95. The van der Waals surface area contributed by atoms with Crippen molar-refractivity contribution in [2.45, 2.75) is 25.3 Å². The second-order valence-corrected chi connectivity index (χ2v) is 5.79. The van der Waals surface area contributed by atoms with Gasteiger partial charge in [-0.05, 0) is 32.4 Å². The highest BCUT2D eigenvalue weighted by Crippen LogP contribution is 2.27. The van der Waals surface area contributed by atoms with Gasteiger partial charge in [0.1, 0.15) is 0 Å². The smallest absolute Gasteiger partial charge is 0.355 e. The molecule has 18 heavy (non-hydrogen) atoms. The Morgan fingerprint density at radius 1 is 1.39 bits per heavy atom. The maximum atomic E-state index is 10.8. The molecule has 2 aliphatic rings. The number of likely N-dealkylation sites (tertiary alicyclic amines) is 1. The van der Waals surface area contributed by atoms with Crippen LogP contribution in [0.1, 0.15) is 29.8 Å². The van der Waals surface area contributed by atoms with Crippen molar-refractivity contribution in [2.75, 3.05) is 31.1 Å². The van der Waals surface area contributed by atoms with Gasteiger partial charge < -0.3 is 10.0 Å². The summed E-state index contributed by atoms with van der Waals surface area (Å²) in [5.74, 6) is -0.937. The van der Waals surface area contributed by atoms with Crippen molar-refractivity contribution in [3.63, 3.8) is 0 Å². The van der Waals surface area contributed by atoms with E-state index in [4.69, 9.17) is 5.11 Å². The molecule has 0 amide bonds. The average molecular weight is 267 g/mol. The van der Waals surface area contributed by atoms with E-state index in [1.807, 2.05) is 0 Å². The molecule has 0 aromatic carbocycles. The lowest BCUT2D eigenvalue weighted by molar-refractivity contribution is 0.0691. The molecule has 98 valence electrons. The van der Waals surface area contributed by atoms with Gasteiger partial charge in [-0.1, -0.05) is 0 Å². The largest absolute Gasteiger partial charge is 0.476 e. The average Bonchev–Trinajstić information content (AvgIpc) is 3.10. The summed E-state index contributed by atoms with van der Waals surface area (Å²) < 4.78 is 0. The van der Waals surface area contributed by atoms with Gasteiger partial charge in [0.2, 0.25) is 0 Å². The zero-order valence-electron chi connectivity index (χ0n) is 10.2. The Balaban J connectivity index is 1.65. The molecule has 1 atom stereocenters. The van der Waals surface area contributed by atoms with Gasteiger partial charge in [0.05, 0.1) is 0 Å². The maximum Gasteiger partial charge on any atom is 0.355 e. The van der Waals surface area contributed by atoms with Crippen LogP contribution in [0, 0.1) is 0 Å². The maximum absolute atomic E-state index is 10.8. The minimum Gasteiger partial charge on any atom is -0.476 e. The van der Waals surface area contributed by atoms with Crippen LogP contribution in [-0.2, 0) is 0 Å². The topological polar surface area (TPSA) is 56.7 Å². The third kappa shape index (κ3) is 2.22. The monoisotopic (exact) mass is 267 g/mol. The van der Waals surface area contributed by atoms with E-state index < -0.39 is 5.97 Å². The van der Waals surface area contributed by atoms with Crippen LogP contribution >= 0.6 is 11.3 Å². The summed E-state index contributed by atoms with van der Waals surface area (Å²) in [7, 11) is 0. The minimum absolute atomic E-state index is 0.166. The highest BCUT2D eigenvalue weighted by Gasteiger charge is 2.30. The third-order valence-corrected chi connectivity index (χ3v) is 4.70. The fraction of sp³-hybridized carbons (Fsp3) is 0.667. The number of rotatable bonds is 3. The molecule has 1 unspecified atom stereocenters. The number of carboxylic acids is 1. The van der Waals surface area contributed by atoms with Crippen LogP contribution in [-0.4, -0.2) is 53.2 Å². The molecule has 6 heteroatoms. The number of thiazole rings is 1. The van der Waals surface area contributed by atoms with Crippen LogP contribution in [0.2, 0.25) is 0 Å². The number of carboxylic acid groups (broad SMARTS) is 1. The first-order valence-corrected chi connectivity index (χ1v) is 7.30. The lowest BCUT2D eigenvalue weighted by Crippen LogP contribution is -2.35. The van der Waals surface area contributed by atoms with E-state index in [1.54, 1.807) is 5.38 Å². The molecule has 2 fully saturated rings. The highest BCUT2D eigenvalue weighted by atomic mass is 32.1. The van der Waals surface area contributed by atoms with E-state index in [-0.39, 0.29) is 5.69 Å². The summed E-state index contributed by atoms with van der Waals surface area (Å²) in [5.41, 5.74) is 0.166. The summed E-state index contributed by atoms with van der Waals surface area (Å²) in [6.07, 6.45) is 3.80. The number of aromatic nitrogens is 1. The lowest BCUT2D eigenvalue weighted by Gasteiger charge is -2.23. The third-order valence-electron chi connectivity index (χ3n) is 3.80. The Labute approximate surface area is 110 Å². The first-order valence-electron chi connectivity index (χ1n) is 6.42. The predicted octanol–water partition coefficient (Wildman–Crippen LogP) is 1.52. The van der Waals surface area contributed by atoms with Crippen LogP contribution in [0.3, 0.4) is 0 Å². The Morgan fingerprint density at radius 2 is 2.17 bits per heavy atom. The highest BCUT2D eigenvalue weighted by molar-refractivity contribution is 7.13. The van der Waals surface area contributed by atoms with Crippen molar-refractivity contribution < 1.29 is 9.90 Å². The Bertz CT molecular complexity index is 442. The van der Waals surface area contributed by atoms with Gasteiger partial charge in [-0.2, -0.15) is 0 Å². The molecule has 0 saturated carbocycles. The summed E-state index contributed by atoms with van der Waals surface area (Å²) in [4.78, 5) is 19.8. The molecule has 3 rings (SSSR count). The number of hydrogen-bond donors (Lipinski definition) is 1. The van der Waals surface area contributed by atoms with Crippen molar-refractivity contribution in [3.8, 4) is 0 Å². The van der Waals surface area contributed by atoms with Crippen molar-refractivity contribution in [1.82, 2.24) is 9.88 Å². The Kier molecular flexibility index (Phi) is 3.22. The molecule has 0 bridgehead atoms. The van der Waals surface area contributed by atoms with E-state index >= 15 is 0 Å². The molecule has 0 radical (unpaired) electrons. The molecule has 1 aromatic rings. The fourth-order valence-corrected chi connectivity index (χ4v) is 3.66. The zero-order chi connectivity index (χ0) is 12.5. The fourth-order valence-electron chi connectivity index (χ4n) is 2.83. The summed E-state index contributed by atoms with van der Waals surface area (Å²) in [5, 5.41) is 11.4. The second kappa shape index (κ2) is 4.85. The molecule has 0 spiro atoms. The molecule has 2 saturated heterocycles. The van der Waals surface area contributed by atoms with Gasteiger partial charge in [0.25, 0.3) is 0 Å². The molecule has 1 aromatic heterocycles. The Morgan fingerprint density at radius 3 is 2.83 bits per heavy atom. The van der Waals surface area contributed by atoms with Crippen molar-refractivity contribution in [3.05, 3.63) is 11.1 Å². The quantitative estimate of drug-likeness (QED) is 0.899. The first kappa shape index (κ1) is 11.9. The van der Waals surface area contributed by atoms with Gasteiger partial charge in [0.15, 0.2) is 10.8 Å². The number of aromatic carboxylic acids is 1. The molecular formula is C12H17N3O2S. The molecule has 3 heterocycles. The zero-order valence-corrected chi connectivity index (χ0v) is 11.0. The standard InChI is InChI=1S/C12H17N3O2S/c16-11(17)10-8-18-12(13-10)15-6-3-9(7-15)14-4-1-2-5-14/h8-9H,1-7H2,(H,16,17). The number of hydrogen-bond acceptors (Lipinski definition) is 5. The van der Waals surface area contributed by atoms with Gasteiger partial charge in [-0.15, -0.1) is 11.3 Å². The van der Waals surface area contributed by atoms with E-state index in [9.17, 15) is 4.79 Å². The van der Waals surface area contributed by atoms with Crippen LogP contribution in [0.4, 0.5) is 5.13 Å². The van der Waals surface area contributed by atoms with E-state index in [0.29, 0.717) is 6.04 Å². The number of carbonyl (C=O) groups is 1.